The van der Waals surface area contributed by atoms with Gasteiger partial charge in [0.1, 0.15) is 17.2 Å². The van der Waals surface area contributed by atoms with E-state index in [2.05, 4.69) is 5.16 Å². The van der Waals surface area contributed by atoms with Crippen molar-refractivity contribution in [1.29, 1.82) is 0 Å². The summed E-state index contributed by atoms with van der Waals surface area (Å²) in [5.74, 6) is 0.835. The number of hydrogen-bond donors (Lipinski definition) is 0. The van der Waals surface area contributed by atoms with Crippen LogP contribution in [0.2, 0.25) is 0 Å². The molecule has 0 aliphatic rings. The number of rotatable bonds is 3. The molecule has 0 saturated heterocycles. The van der Waals surface area contributed by atoms with Crippen LogP contribution in [0, 0.1) is 0 Å². The van der Waals surface area contributed by atoms with E-state index in [1.165, 1.54) is 4.40 Å². The standard InChI is InChI=1S/C18H14N2O4/c1-22-12-7-8-14-11(9-12)10-15-17(19-24-18(21)20(14)15)13-5-3-4-6-16(13)23-2/h3-10H,1-2H3. The van der Waals surface area contributed by atoms with Gasteiger partial charge in [0.05, 0.1) is 25.3 Å². The second-order valence-corrected chi connectivity index (χ2v) is 5.29. The fourth-order valence-electron chi connectivity index (χ4n) is 2.89. The molecular formula is C18H14N2O4. The molecule has 2 aromatic carbocycles. The Morgan fingerprint density at radius 1 is 1.00 bits per heavy atom. The molecular weight excluding hydrogens is 308 g/mol. The lowest BCUT2D eigenvalue weighted by Crippen LogP contribution is -2.12. The molecule has 2 heterocycles. The maximum Gasteiger partial charge on any atom is 0.445 e. The normalized spacial score (nSPS) is 11.1. The van der Waals surface area contributed by atoms with E-state index in [4.69, 9.17) is 14.0 Å². The molecule has 0 bridgehead atoms. The van der Waals surface area contributed by atoms with Gasteiger partial charge in [-0.1, -0.05) is 17.3 Å². The largest absolute Gasteiger partial charge is 0.497 e. The third-order valence-corrected chi connectivity index (χ3v) is 4.01. The molecule has 2 aromatic heterocycles. The van der Waals surface area contributed by atoms with Gasteiger partial charge in [-0.2, -0.15) is 0 Å². The van der Waals surface area contributed by atoms with Gasteiger partial charge >= 0.3 is 5.76 Å². The van der Waals surface area contributed by atoms with Gasteiger partial charge < -0.3 is 9.47 Å². The van der Waals surface area contributed by atoms with Crippen molar-refractivity contribution in [3.05, 3.63) is 59.1 Å². The van der Waals surface area contributed by atoms with Crippen LogP contribution >= 0.6 is 0 Å². The molecule has 0 amide bonds. The number of nitrogens with zero attached hydrogens (tertiary/aromatic N) is 2. The first-order valence-corrected chi connectivity index (χ1v) is 7.35. The Morgan fingerprint density at radius 3 is 2.62 bits per heavy atom. The average molecular weight is 322 g/mol. The molecule has 0 fully saturated rings. The first-order valence-electron chi connectivity index (χ1n) is 7.35. The van der Waals surface area contributed by atoms with Gasteiger partial charge in [-0.15, -0.1) is 0 Å². The molecule has 24 heavy (non-hydrogen) atoms. The van der Waals surface area contributed by atoms with E-state index in [9.17, 15) is 4.79 Å². The summed E-state index contributed by atoms with van der Waals surface area (Å²) in [4.78, 5) is 12.2. The summed E-state index contributed by atoms with van der Waals surface area (Å²) in [5.41, 5.74) is 2.68. The third-order valence-electron chi connectivity index (χ3n) is 4.01. The maximum absolute atomic E-state index is 12.2. The molecule has 0 unspecified atom stereocenters. The summed E-state index contributed by atoms with van der Waals surface area (Å²) in [7, 11) is 3.20. The lowest BCUT2D eigenvalue weighted by atomic mass is 10.1. The first-order chi connectivity index (χ1) is 11.7. The van der Waals surface area contributed by atoms with Crippen LogP contribution in [0.4, 0.5) is 0 Å². The van der Waals surface area contributed by atoms with E-state index in [0.29, 0.717) is 17.0 Å². The van der Waals surface area contributed by atoms with Gasteiger partial charge in [0.25, 0.3) is 0 Å². The number of ether oxygens (including phenoxy) is 2. The van der Waals surface area contributed by atoms with Gasteiger partial charge in [0.15, 0.2) is 0 Å². The van der Waals surface area contributed by atoms with Gasteiger partial charge in [0, 0.05) is 10.9 Å². The Balaban J connectivity index is 2.11. The van der Waals surface area contributed by atoms with Crippen LogP contribution in [0.1, 0.15) is 0 Å². The van der Waals surface area contributed by atoms with Crippen molar-refractivity contribution in [3.8, 4) is 22.8 Å². The van der Waals surface area contributed by atoms with Crippen LogP contribution in [-0.2, 0) is 0 Å². The van der Waals surface area contributed by atoms with Gasteiger partial charge in [-0.25, -0.2) is 9.20 Å². The molecule has 120 valence electrons. The first kappa shape index (κ1) is 14.3. The zero-order valence-electron chi connectivity index (χ0n) is 13.1. The molecule has 4 aromatic rings. The Hall–Kier alpha value is -3.28. The van der Waals surface area contributed by atoms with E-state index in [1.807, 2.05) is 42.5 Å². The van der Waals surface area contributed by atoms with Gasteiger partial charge in [-0.05, 0) is 36.4 Å². The Labute approximate surface area is 136 Å². The van der Waals surface area contributed by atoms with Crippen LogP contribution in [0.3, 0.4) is 0 Å². The lowest BCUT2D eigenvalue weighted by Gasteiger charge is -2.07. The zero-order valence-corrected chi connectivity index (χ0v) is 13.1. The summed E-state index contributed by atoms with van der Waals surface area (Å²) in [6.45, 7) is 0. The minimum atomic E-state index is -0.538. The molecule has 0 aliphatic carbocycles. The van der Waals surface area contributed by atoms with E-state index in [0.717, 1.165) is 22.2 Å². The number of aromatic nitrogens is 2. The third kappa shape index (κ3) is 2.04. The molecule has 0 saturated carbocycles. The molecule has 0 radical (unpaired) electrons. The summed E-state index contributed by atoms with van der Waals surface area (Å²) in [5, 5.41) is 4.87. The highest BCUT2D eigenvalue weighted by Gasteiger charge is 2.17. The van der Waals surface area contributed by atoms with Crippen molar-refractivity contribution in [2.75, 3.05) is 14.2 Å². The molecule has 0 atom stereocenters. The van der Waals surface area contributed by atoms with Crippen LogP contribution in [0.25, 0.3) is 27.7 Å². The maximum atomic E-state index is 12.2. The number of methoxy groups -OCH3 is 2. The topological polar surface area (TPSA) is 66.0 Å². The van der Waals surface area contributed by atoms with E-state index < -0.39 is 5.76 Å². The van der Waals surface area contributed by atoms with E-state index in [-0.39, 0.29) is 0 Å². The summed E-state index contributed by atoms with van der Waals surface area (Å²) in [6, 6.07) is 14.9. The van der Waals surface area contributed by atoms with Crippen LogP contribution in [0.15, 0.2) is 57.8 Å². The lowest BCUT2D eigenvalue weighted by molar-refractivity contribution is 0.351. The highest BCUT2D eigenvalue weighted by molar-refractivity contribution is 5.93. The second kappa shape index (κ2) is 5.42. The predicted octanol–water partition coefficient (Wildman–Crippen LogP) is 3.12. The van der Waals surface area contributed by atoms with Gasteiger partial charge in [-0.3, -0.25) is 4.52 Å². The van der Waals surface area contributed by atoms with Crippen LogP contribution < -0.4 is 15.2 Å². The summed E-state index contributed by atoms with van der Waals surface area (Å²) in [6.07, 6.45) is 0. The molecule has 0 spiro atoms. The SMILES string of the molecule is COc1ccc2c(c1)cc1c(-c3ccccc3OC)noc(=O)n12. The Bertz CT molecular complexity index is 1110. The molecule has 6 heteroatoms. The summed E-state index contributed by atoms with van der Waals surface area (Å²) >= 11 is 0. The minimum absolute atomic E-state index is 0.538. The predicted molar refractivity (Wildman–Crippen MR) is 89.8 cm³/mol. The van der Waals surface area contributed by atoms with Crippen molar-refractivity contribution in [2.24, 2.45) is 0 Å². The highest BCUT2D eigenvalue weighted by Crippen LogP contribution is 2.33. The van der Waals surface area contributed by atoms with E-state index >= 15 is 0 Å². The second-order valence-electron chi connectivity index (χ2n) is 5.29. The number of fused-ring (bicyclic) bond motifs is 3. The van der Waals surface area contributed by atoms with Crippen molar-refractivity contribution in [2.45, 2.75) is 0 Å². The number of hydrogen-bond acceptors (Lipinski definition) is 5. The van der Waals surface area contributed by atoms with Crippen molar-refractivity contribution >= 4 is 16.4 Å². The van der Waals surface area contributed by atoms with Crippen molar-refractivity contribution < 1.29 is 14.0 Å². The van der Waals surface area contributed by atoms with Gasteiger partial charge in [0.2, 0.25) is 0 Å². The fraction of sp³-hybridized carbons (Fsp3) is 0.111. The van der Waals surface area contributed by atoms with Crippen molar-refractivity contribution in [3.63, 3.8) is 0 Å². The van der Waals surface area contributed by atoms with E-state index in [1.54, 1.807) is 20.3 Å². The minimum Gasteiger partial charge on any atom is -0.497 e. The Morgan fingerprint density at radius 2 is 1.83 bits per heavy atom. The monoisotopic (exact) mass is 322 g/mol. The molecule has 0 N–H and O–H groups in total. The average Bonchev–Trinajstić information content (AvgIpc) is 3.01. The van der Waals surface area contributed by atoms with Crippen molar-refractivity contribution in [1.82, 2.24) is 9.56 Å². The number of para-hydroxylation sites is 1. The molecule has 4 rings (SSSR count). The quantitative estimate of drug-likeness (QED) is 0.580. The smallest absolute Gasteiger partial charge is 0.445 e. The highest BCUT2D eigenvalue weighted by atomic mass is 16.5. The molecule has 6 nitrogen and oxygen atoms in total. The number of benzene rings is 2. The summed E-state index contributed by atoms with van der Waals surface area (Å²) < 4.78 is 17.2. The Kier molecular flexibility index (Phi) is 3.23. The fourth-order valence-corrected chi connectivity index (χ4v) is 2.89. The zero-order chi connectivity index (χ0) is 16.7. The van der Waals surface area contributed by atoms with Crippen LogP contribution in [0.5, 0.6) is 11.5 Å². The van der Waals surface area contributed by atoms with Crippen LogP contribution in [-0.4, -0.2) is 23.8 Å². The molecule has 0 aliphatic heterocycles.